The molecular weight excluding hydrogens is 260 g/mol. The van der Waals surface area contributed by atoms with Gasteiger partial charge in [0.15, 0.2) is 0 Å². The molecule has 1 aromatic carbocycles. The number of nitrogens with zero attached hydrogens (tertiary/aromatic N) is 1. The first kappa shape index (κ1) is 14.5. The maximum absolute atomic E-state index is 12.6. The number of nitrogen functional groups attached to an aromatic ring is 1. The number of methoxy groups -OCH3 is 2. The molecule has 0 unspecified atom stereocenters. The van der Waals surface area contributed by atoms with E-state index in [0.717, 1.165) is 6.42 Å². The second-order valence-corrected chi connectivity index (χ2v) is 4.55. The number of rotatable bonds is 3. The standard InChI is InChI=1S/C14H20N2O4/c1-18-10-8-11(13(15)12(9-10)19-2)14(17)16-4-3-6-20-7-5-16/h8-9H,3-7,15H2,1-2H3. The molecule has 0 bridgehead atoms. The predicted octanol–water partition coefficient (Wildman–Crippen LogP) is 1.15. The van der Waals surface area contributed by atoms with E-state index < -0.39 is 0 Å². The fraction of sp³-hybridized carbons (Fsp3) is 0.500. The van der Waals surface area contributed by atoms with E-state index in [-0.39, 0.29) is 5.91 Å². The molecule has 0 atom stereocenters. The van der Waals surface area contributed by atoms with Crippen molar-refractivity contribution >= 4 is 11.6 Å². The Morgan fingerprint density at radius 2 is 2.05 bits per heavy atom. The molecule has 20 heavy (non-hydrogen) atoms. The number of carbonyl (C=O) groups is 1. The van der Waals surface area contributed by atoms with Crippen molar-refractivity contribution < 1.29 is 19.0 Å². The first-order valence-corrected chi connectivity index (χ1v) is 6.56. The SMILES string of the molecule is COc1cc(OC)c(N)c(C(=O)N2CCCOCC2)c1. The summed E-state index contributed by atoms with van der Waals surface area (Å²) < 4.78 is 15.7. The van der Waals surface area contributed by atoms with Crippen LogP contribution >= 0.6 is 0 Å². The van der Waals surface area contributed by atoms with Crippen molar-refractivity contribution in [1.29, 1.82) is 0 Å². The second-order valence-electron chi connectivity index (χ2n) is 4.55. The van der Waals surface area contributed by atoms with Gasteiger partial charge in [0.25, 0.3) is 5.91 Å². The lowest BCUT2D eigenvalue weighted by molar-refractivity contribution is 0.0741. The molecule has 110 valence electrons. The van der Waals surface area contributed by atoms with E-state index in [0.29, 0.717) is 49.1 Å². The minimum absolute atomic E-state index is 0.120. The molecule has 1 amide bonds. The summed E-state index contributed by atoms with van der Waals surface area (Å²) in [6.07, 6.45) is 0.826. The summed E-state index contributed by atoms with van der Waals surface area (Å²) in [6.45, 7) is 2.46. The zero-order valence-corrected chi connectivity index (χ0v) is 11.8. The molecule has 0 spiro atoms. The zero-order valence-electron chi connectivity index (χ0n) is 11.8. The highest BCUT2D eigenvalue weighted by molar-refractivity contribution is 6.01. The lowest BCUT2D eigenvalue weighted by Crippen LogP contribution is -2.33. The van der Waals surface area contributed by atoms with E-state index in [1.165, 1.54) is 7.11 Å². The third-order valence-corrected chi connectivity index (χ3v) is 3.31. The maximum atomic E-state index is 12.6. The minimum Gasteiger partial charge on any atom is -0.497 e. The average molecular weight is 280 g/mol. The van der Waals surface area contributed by atoms with Gasteiger partial charge in [-0.2, -0.15) is 0 Å². The summed E-state index contributed by atoms with van der Waals surface area (Å²) in [5.41, 5.74) is 6.75. The average Bonchev–Trinajstić information content (AvgIpc) is 2.76. The topological polar surface area (TPSA) is 74.0 Å². The Labute approximate surface area is 118 Å². The highest BCUT2D eigenvalue weighted by atomic mass is 16.5. The van der Waals surface area contributed by atoms with Crippen LogP contribution in [0.2, 0.25) is 0 Å². The van der Waals surface area contributed by atoms with Gasteiger partial charge >= 0.3 is 0 Å². The van der Waals surface area contributed by atoms with Crippen LogP contribution in [0.1, 0.15) is 16.8 Å². The monoisotopic (exact) mass is 280 g/mol. The summed E-state index contributed by atoms with van der Waals surface area (Å²) >= 11 is 0. The molecular formula is C14H20N2O4. The van der Waals surface area contributed by atoms with Gasteiger partial charge in [0, 0.05) is 25.8 Å². The maximum Gasteiger partial charge on any atom is 0.256 e. The number of hydrogen-bond acceptors (Lipinski definition) is 5. The number of nitrogens with two attached hydrogens (primary N) is 1. The number of carbonyl (C=O) groups excluding carboxylic acids is 1. The predicted molar refractivity (Wildman–Crippen MR) is 75.3 cm³/mol. The zero-order chi connectivity index (χ0) is 14.5. The molecule has 6 heteroatoms. The molecule has 1 aliphatic heterocycles. The number of hydrogen-bond donors (Lipinski definition) is 1. The van der Waals surface area contributed by atoms with Crippen LogP contribution in [0.4, 0.5) is 5.69 Å². The van der Waals surface area contributed by atoms with Gasteiger partial charge in [-0.15, -0.1) is 0 Å². The van der Waals surface area contributed by atoms with Gasteiger partial charge in [0.1, 0.15) is 11.5 Å². The van der Waals surface area contributed by atoms with Crippen molar-refractivity contribution in [2.75, 3.05) is 46.3 Å². The quantitative estimate of drug-likeness (QED) is 0.841. The van der Waals surface area contributed by atoms with Crippen LogP contribution in [0.5, 0.6) is 11.5 Å². The molecule has 1 aliphatic rings. The molecule has 2 rings (SSSR count). The van der Waals surface area contributed by atoms with E-state index in [1.807, 2.05) is 0 Å². The summed E-state index contributed by atoms with van der Waals surface area (Å²) in [7, 11) is 3.05. The van der Waals surface area contributed by atoms with E-state index in [1.54, 1.807) is 24.1 Å². The van der Waals surface area contributed by atoms with Gasteiger partial charge in [-0.3, -0.25) is 4.79 Å². The Balaban J connectivity index is 2.32. The first-order chi connectivity index (χ1) is 9.67. The number of benzene rings is 1. The lowest BCUT2D eigenvalue weighted by Gasteiger charge is -2.21. The van der Waals surface area contributed by atoms with E-state index in [2.05, 4.69) is 0 Å². The van der Waals surface area contributed by atoms with Gasteiger partial charge in [0.05, 0.1) is 32.1 Å². The minimum atomic E-state index is -0.120. The van der Waals surface area contributed by atoms with Gasteiger partial charge in [-0.1, -0.05) is 0 Å². The summed E-state index contributed by atoms with van der Waals surface area (Å²) in [5.74, 6) is 0.870. The Morgan fingerprint density at radius 3 is 2.75 bits per heavy atom. The third kappa shape index (κ3) is 2.96. The molecule has 0 aliphatic carbocycles. The van der Waals surface area contributed by atoms with Crippen LogP contribution in [0.15, 0.2) is 12.1 Å². The highest BCUT2D eigenvalue weighted by Gasteiger charge is 2.22. The van der Waals surface area contributed by atoms with Crippen molar-refractivity contribution in [3.05, 3.63) is 17.7 Å². The van der Waals surface area contributed by atoms with E-state index in [9.17, 15) is 4.79 Å². The van der Waals surface area contributed by atoms with E-state index >= 15 is 0 Å². The normalized spacial score (nSPS) is 15.6. The van der Waals surface area contributed by atoms with E-state index in [4.69, 9.17) is 19.9 Å². The van der Waals surface area contributed by atoms with Crippen molar-refractivity contribution in [3.8, 4) is 11.5 Å². The van der Waals surface area contributed by atoms with Crippen molar-refractivity contribution in [3.63, 3.8) is 0 Å². The summed E-state index contributed by atoms with van der Waals surface area (Å²) in [5, 5.41) is 0. The Kier molecular flexibility index (Phi) is 4.68. The lowest BCUT2D eigenvalue weighted by atomic mass is 10.1. The summed E-state index contributed by atoms with van der Waals surface area (Å²) in [4.78, 5) is 14.3. The molecule has 6 nitrogen and oxygen atoms in total. The van der Waals surface area contributed by atoms with Gasteiger partial charge in [-0.25, -0.2) is 0 Å². The van der Waals surface area contributed by atoms with Crippen molar-refractivity contribution in [2.24, 2.45) is 0 Å². The largest absolute Gasteiger partial charge is 0.497 e. The Hall–Kier alpha value is -1.95. The first-order valence-electron chi connectivity index (χ1n) is 6.56. The number of ether oxygens (including phenoxy) is 3. The molecule has 1 fully saturated rings. The highest BCUT2D eigenvalue weighted by Crippen LogP contribution is 2.31. The van der Waals surface area contributed by atoms with Crippen LogP contribution in [-0.4, -0.2) is 51.3 Å². The van der Waals surface area contributed by atoms with Crippen LogP contribution in [-0.2, 0) is 4.74 Å². The molecule has 0 saturated carbocycles. The Morgan fingerprint density at radius 1 is 1.25 bits per heavy atom. The van der Waals surface area contributed by atoms with Crippen LogP contribution in [0, 0.1) is 0 Å². The Bertz CT molecular complexity index is 482. The molecule has 1 heterocycles. The number of amides is 1. The van der Waals surface area contributed by atoms with Crippen molar-refractivity contribution in [2.45, 2.75) is 6.42 Å². The fourth-order valence-electron chi connectivity index (χ4n) is 2.18. The molecule has 1 aromatic rings. The summed E-state index contributed by atoms with van der Waals surface area (Å²) in [6, 6.07) is 3.31. The van der Waals surface area contributed by atoms with Gasteiger partial charge < -0.3 is 24.8 Å². The number of anilines is 1. The van der Waals surface area contributed by atoms with Crippen LogP contribution in [0.3, 0.4) is 0 Å². The van der Waals surface area contributed by atoms with Gasteiger partial charge in [0.2, 0.25) is 0 Å². The van der Waals surface area contributed by atoms with Crippen LogP contribution in [0.25, 0.3) is 0 Å². The molecule has 1 saturated heterocycles. The second kappa shape index (κ2) is 6.47. The fourth-order valence-corrected chi connectivity index (χ4v) is 2.18. The smallest absolute Gasteiger partial charge is 0.256 e. The molecule has 0 radical (unpaired) electrons. The van der Waals surface area contributed by atoms with Gasteiger partial charge in [-0.05, 0) is 12.5 Å². The van der Waals surface area contributed by atoms with Crippen LogP contribution < -0.4 is 15.2 Å². The van der Waals surface area contributed by atoms with Crippen molar-refractivity contribution in [1.82, 2.24) is 4.90 Å². The third-order valence-electron chi connectivity index (χ3n) is 3.31. The molecule has 2 N–H and O–H groups in total. The molecule has 0 aromatic heterocycles.